The molecule has 0 fully saturated rings. The third-order valence-electron chi connectivity index (χ3n) is 3.99. The minimum Gasteiger partial charge on any atom is -0.308 e. The normalized spacial score (nSPS) is 10.5. The molecule has 0 spiro atoms. The molecule has 1 aromatic heterocycles. The molecule has 2 aromatic carbocycles. The Hall–Kier alpha value is -2.79. The van der Waals surface area contributed by atoms with Gasteiger partial charge in [-0.25, -0.2) is 4.98 Å². The third-order valence-corrected chi connectivity index (χ3v) is 4.94. The van der Waals surface area contributed by atoms with Gasteiger partial charge in [-0.1, -0.05) is 54.2 Å². The number of carbonyl (C=O) groups excluding carboxylic acids is 1. The van der Waals surface area contributed by atoms with Crippen LogP contribution in [0, 0.1) is 6.92 Å². The van der Waals surface area contributed by atoms with E-state index in [0.717, 1.165) is 22.1 Å². The number of anilines is 1. The maximum absolute atomic E-state index is 12.8. The van der Waals surface area contributed by atoms with E-state index in [1.54, 1.807) is 17.2 Å². The topological polar surface area (TPSA) is 38.1 Å². The Bertz CT molecular complexity index is 889. The zero-order valence-electron chi connectivity index (χ0n) is 14.7. The van der Waals surface area contributed by atoms with Gasteiger partial charge < -0.3 is 4.90 Å². The van der Waals surface area contributed by atoms with Gasteiger partial charge in [0.2, 0.25) is 5.91 Å². The first-order valence-electron chi connectivity index (χ1n) is 8.39. The van der Waals surface area contributed by atoms with E-state index in [4.69, 9.17) is 0 Å². The zero-order valence-corrected chi connectivity index (χ0v) is 15.5. The van der Waals surface area contributed by atoms with Crippen LogP contribution in [-0.4, -0.2) is 27.8 Å². The second-order valence-electron chi connectivity index (χ2n) is 5.78. The highest BCUT2D eigenvalue weighted by Crippen LogP contribution is 2.24. The van der Waals surface area contributed by atoms with Gasteiger partial charge in [-0.15, -0.1) is 6.58 Å². The van der Waals surface area contributed by atoms with Gasteiger partial charge in [0, 0.05) is 24.6 Å². The summed E-state index contributed by atoms with van der Waals surface area (Å²) >= 11 is 1.44. The minimum absolute atomic E-state index is 0.0282. The standard InChI is InChI=1S/C21H21N3OS/c1-3-14-23(18-10-5-4-6-11-18)20(25)16-26-21-22-13-15-24(21)19-12-8-7-9-17(19)2/h3-13,15H,1,14,16H2,2H3. The monoisotopic (exact) mass is 363 g/mol. The van der Waals surface area contributed by atoms with Crippen molar-refractivity contribution in [3.05, 3.63) is 85.2 Å². The van der Waals surface area contributed by atoms with Crippen LogP contribution in [0.25, 0.3) is 5.69 Å². The average molecular weight is 363 g/mol. The molecule has 3 aromatic rings. The summed E-state index contributed by atoms with van der Waals surface area (Å²) in [7, 11) is 0. The number of thioether (sulfide) groups is 1. The Labute approximate surface area is 158 Å². The average Bonchev–Trinajstić information content (AvgIpc) is 3.13. The molecule has 4 nitrogen and oxygen atoms in total. The van der Waals surface area contributed by atoms with E-state index in [1.807, 2.05) is 53.2 Å². The molecule has 132 valence electrons. The Morgan fingerprint density at radius 1 is 1.19 bits per heavy atom. The van der Waals surface area contributed by atoms with Gasteiger partial charge in [0.1, 0.15) is 0 Å². The van der Waals surface area contributed by atoms with Gasteiger partial charge >= 0.3 is 0 Å². The van der Waals surface area contributed by atoms with Crippen molar-refractivity contribution in [2.75, 3.05) is 17.2 Å². The Morgan fingerprint density at radius 3 is 2.65 bits per heavy atom. The molecule has 0 unspecified atom stereocenters. The highest BCUT2D eigenvalue weighted by Gasteiger charge is 2.16. The number of carbonyl (C=O) groups is 1. The molecule has 0 radical (unpaired) electrons. The molecule has 0 aliphatic rings. The number of hydrogen-bond donors (Lipinski definition) is 0. The SMILES string of the molecule is C=CCN(C(=O)CSc1nccn1-c1ccccc1C)c1ccccc1. The number of aryl methyl sites for hydroxylation is 1. The van der Waals surface area contributed by atoms with Crippen molar-refractivity contribution in [1.82, 2.24) is 9.55 Å². The first-order chi connectivity index (χ1) is 12.7. The van der Waals surface area contributed by atoms with Crippen LogP contribution in [-0.2, 0) is 4.79 Å². The third kappa shape index (κ3) is 4.06. The van der Waals surface area contributed by atoms with Gasteiger partial charge in [-0.2, -0.15) is 0 Å². The van der Waals surface area contributed by atoms with Crippen LogP contribution in [0.15, 0.2) is 84.8 Å². The molecule has 0 aliphatic heterocycles. The van der Waals surface area contributed by atoms with Gasteiger partial charge in [0.15, 0.2) is 5.16 Å². The molecule has 3 rings (SSSR count). The lowest BCUT2D eigenvalue weighted by Crippen LogP contribution is -2.32. The van der Waals surface area contributed by atoms with Crippen molar-refractivity contribution in [3.8, 4) is 5.69 Å². The lowest BCUT2D eigenvalue weighted by Gasteiger charge is -2.21. The lowest BCUT2D eigenvalue weighted by atomic mass is 10.2. The number of hydrogen-bond acceptors (Lipinski definition) is 3. The van der Waals surface area contributed by atoms with Gasteiger partial charge in [-0.05, 0) is 30.7 Å². The molecule has 0 saturated carbocycles. The summed E-state index contributed by atoms with van der Waals surface area (Å²) < 4.78 is 2.02. The van der Waals surface area contributed by atoms with Gasteiger partial charge in [0.05, 0.1) is 11.4 Å². The summed E-state index contributed by atoms with van der Waals surface area (Å²) in [5.74, 6) is 0.339. The number of nitrogens with zero attached hydrogens (tertiary/aromatic N) is 3. The van der Waals surface area contributed by atoms with E-state index < -0.39 is 0 Å². The molecule has 5 heteroatoms. The summed E-state index contributed by atoms with van der Waals surface area (Å²) in [6, 6.07) is 17.8. The zero-order chi connectivity index (χ0) is 18.4. The smallest absolute Gasteiger partial charge is 0.237 e. The number of imidazole rings is 1. The maximum Gasteiger partial charge on any atom is 0.237 e. The molecule has 0 N–H and O–H groups in total. The molecule has 0 saturated heterocycles. The lowest BCUT2D eigenvalue weighted by molar-refractivity contribution is -0.116. The number of para-hydroxylation sites is 2. The van der Waals surface area contributed by atoms with Crippen LogP contribution < -0.4 is 4.90 Å². The van der Waals surface area contributed by atoms with Crippen LogP contribution in [0.1, 0.15) is 5.56 Å². The summed E-state index contributed by atoms with van der Waals surface area (Å²) in [6.07, 6.45) is 5.43. The summed E-state index contributed by atoms with van der Waals surface area (Å²) in [5, 5.41) is 0.805. The summed E-state index contributed by atoms with van der Waals surface area (Å²) in [4.78, 5) is 18.9. The Balaban J connectivity index is 1.75. The van der Waals surface area contributed by atoms with Gasteiger partial charge in [0.25, 0.3) is 0 Å². The van der Waals surface area contributed by atoms with Gasteiger partial charge in [-0.3, -0.25) is 9.36 Å². The second kappa shape index (κ2) is 8.54. The van der Waals surface area contributed by atoms with Crippen molar-refractivity contribution in [2.24, 2.45) is 0 Å². The van der Waals surface area contributed by atoms with E-state index >= 15 is 0 Å². The van der Waals surface area contributed by atoms with Crippen LogP contribution in [0.3, 0.4) is 0 Å². The molecule has 26 heavy (non-hydrogen) atoms. The number of benzene rings is 2. The number of aromatic nitrogens is 2. The predicted molar refractivity (Wildman–Crippen MR) is 108 cm³/mol. The fourth-order valence-corrected chi connectivity index (χ4v) is 3.55. The molecule has 1 amide bonds. The molecular weight excluding hydrogens is 342 g/mol. The van der Waals surface area contributed by atoms with E-state index in [2.05, 4.69) is 30.6 Å². The molecule has 0 bridgehead atoms. The Kier molecular flexibility index (Phi) is 5.92. The van der Waals surface area contributed by atoms with E-state index in [0.29, 0.717) is 12.3 Å². The molecule has 1 heterocycles. The highest BCUT2D eigenvalue weighted by molar-refractivity contribution is 7.99. The molecular formula is C21H21N3OS. The van der Waals surface area contributed by atoms with Crippen LogP contribution in [0.5, 0.6) is 0 Å². The fraction of sp³-hybridized carbons (Fsp3) is 0.143. The largest absolute Gasteiger partial charge is 0.308 e. The highest BCUT2D eigenvalue weighted by atomic mass is 32.2. The Morgan fingerprint density at radius 2 is 1.92 bits per heavy atom. The predicted octanol–water partition coefficient (Wildman–Crippen LogP) is 4.49. The van der Waals surface area contributed by atoms with Crippen molar-refractivity contribution < 1.29 is 4.79 Å². The van der Waals surface area contributed by atoms with Crippen molar-refractivity contribution in [3.63, 3.8) is 0 Å². The van der Waals surface area contributed by atoms with Crippen LogP contribution in [0.4, 0.5) is 5.69 Å². The number of rotatable bonds is 7. The van der Waals surface area contributed by atoms with E-state index in [9.17, 15) is 4.79 Å². The molecule has 0 aliphatic carbocycles. The fourth-order valence-electron chi connectivity index (χ4n) is 2.71. The minimum atomic E-state index is 0.0282. The quantitative estimate of drug-likeness (QED) is 0.458. The molecule has 0 atom stereocenters. The van der Waals surface area contributed by atoms with Crippen molar-refractivity contribution in [1.29, 1.82) is 0 Å². The van der Waals surface area contributed by atoms with Crippen LogP contribution in [0.2, 0.25) is 0 Å². The second-order valence-corrected chi connectivity index (χ2v) is 6.73. The van der Waals surface area contributed by atoms with E-state index in [-0.39, 0.29) is 5.91 Å². The summed E-state index contributed by atoms with van der Waals surface area (Å²) in [6.45, 7) is 6.31. The summed E-state index contributed by atoms with van der Waals surface area (Å²) in [5.41, 5.74) is 3.11. The first-order valence-corrected chi connectivity index (χ1v) is 9.37. The maximum atomic E-state index is 12.8. The van der Waals surface area contributed by atoms with Crippen molar-refractivity contribution >= 4 is 23.4 Å². The first kappa shape index (κ1) is 18.0. The van der Waals surface area contributed by atoms with Crippen molar-refractivity contribution in [2.45, 2.75) is 12.1 Å². The number of amides is 1. The van der Waals surface area contributed by atoms with Crippen LogP contribution >= 0.6 is 11.8 Å². The van der Waals surface area contributed by atoms with E-state index in [1.165, 1.54) is 11.8 Å².